The third kappa shape index (κ3) is 3.87. The number of nitrogens with zero attached hydrogens (tertiary/aromatic N) is 1. The average Bonchev–Trinajstić information content (AvgIpc) is 2.99. The molecule has 2 aromatic rings. The first-order valence-electron chi connectivity index (χ1n) is 8.21. The standard InChI is InChI=1S/C20H23NO4/c1-13-8-15(14-6-7-17-18(11-14)24-12-23-17)10-16(9-13)21(5)19(22)25-20(2,3)4/h6-11H,12H2,1-5H3. The molecule has 1 heterocycles. The largest absolute Gasteiger partial charge is 0.454 e. The van der Waals surface area contributed by atoms with Crippen LogP contribution in [0.4, 0.5) is 10.5 Å². The Bertz CT molecular complexity index is 808. The van der Waals surface area contributed by atoms with Crippen LogP contribution in [0.15, 0.2) is 36.4 Å². The van der Waals surface area contributed by atoms with Gasteiger partial charge in [-0.25, -0.2) is 4.79 Å². The molecule has 0 saturated heterocycles. The lowest BCUT2D eigenvalue weighted by Gasteiger charge is -2.25. The molecule has 0 atom stereocenters. The zero-order valence-corrected chi connectivity index (χ0v) is 15.3. The highest BCUT2D eigenvalue weighted by Crippen LogP contribution is 2.37. The van der Waals surface area contributed by atoms with E-state index in [9.17, 15) is 4.79 Å². The van der Waals surface area contributed by atoms with E-state index in [1.165, 1.54) is 4.90 Å². The maximum absolute atomic E-state index is 12.3. The molecule has 1 aliphatic rings. The van der Waals surface area contributed by atoms with E-state index in [1.54, 1.807) is 7.05 Å². The molecule has 0 N–H and O–H groups in total. The number of rotatable bonds is 2. The third-order valence-electron chi connectivity index (χ3n) is 3.82. The highest BCUT2D eigenvalue weighted by atomic mass is 16.7. The monoisotopic (exact) mass is 341 g/mol. The summed E-state index contributed by atoms with van der Waals surface area (Å²) in [4.78, 5) is 13.9. The van der Waals surface area contributed by atoms with Gasteiger partial charge in [0.2, 0.25) is 6.79 Å². The van der Waals surface area contributed by atoms with Crippen LogP contribution in [-0.2, 0) is 4.74 Å². The number of carbonyl (C=O) groups is 1. The number of hydrogen-bond acceptors (Lipinski definition) is 4. The molecule has 0 saturated carbocycles. The minimum atomic E-state index is -0.532. The Labute approximate surface area is 148 Å². The van der Waals surface area contributed by atoms with Gasteiger partial charge in [-0.3, -0.25) is 4.90 Å². The Hall–Kier alpha value is -2.69. The Morgan fingerprint density at radius 1 is 1.04 bits per heavy atom. The van der Waals surface area contributed by atoms with E-state index in [0.717, 1.165) is 33.9 Å². The van der Waals surface area contributed by atoms with E-state index in [2.05, 4.69) is 6.07 Å². The van der Waals surface area contributed by atoms with E-state index in [-0.39, 0.29) is 12.9 Å². The van der Waals surface area contributed by atoms with Crippen LogP contribution < -0.4 is 14.4 Å². The van der Waals surface area contributed by atoms with Crippen molar-refractivity contribution >= 4 is 11.8 Å². The van der Waals surface area contributed by atoms with Crippen LogP contribution in [0, 0.1) is 6.92 Å². The molecule has 1 amide bonds. The second kappa shape index (κ2) is 6.31. The highest BCUT2D eigenvalue weighted by molar-refractivity contribution is 5.88. The molecule has 5 heteroatoms. The predicted molar refractivity (Wildman–Crippen MR) is 97.4 cm³/mol. The molecule has 2 aromatic carbocycles. The normalized spacial score (nSPS) is 12.8. The van der Waals surface area contributed by atoms with Crippen molar-refractivity contribution in [1.29, 1.82) is 0 Å². The number of hydrogen-bond donors (Lipinski definition) is 0. The highest BCUT2D eigenvalue weighted by Gasteiger charge is 2.21. The first-order chi connectivity index (χ1) is 11.7. The fraction of sp³-hybridized carbons (Fsp3) is 0.350. The molecule has 0 spiro atoms. The summed E-state index contributed by atoms with van der Waals surface area (Å²) >= 11 is 0. The van der Waals surface area contributed by atoms with Crippen LogP contribution in [-0.4, -0.2) is 25.5 Å². The lowest BCUT2D eigenvalue weighted by atomic mass is 10.0. The maximum Gasteiger partial charge on any atom is 0.414 e. The summed E-state index contributed by atoms with van der Waals surface area (Å²) in [7, 11) is 1.71. The van der Waals surface area contributed by atoms with E-state index >= 15 is 0 Å². The predicted octanol–water partition coefficient (Wildman–Crippen LogP) is 4.76. The first-order valence-corrected chi connectivity index (χ1v) is 8.21. The molecule has 1 aliphatic heterocycles. The van der Waals surface area contributed by atoms with E-state index in [1.807, 2.05) is 58.0 Å². The molecule has 0 radical (unpaired) electrons. The quantitative estimate of drug-likeness (QED) is 0.790. The fourth-order valence-corrected chi connectivity index (χ4v) is 2.64. The summed E-state index contributed by atoms with van der Waals surface area (Å²) in [6.07, 6.45) is -0.380. The molecule has 0 aliphatic carbocycles. The molecule has 5 nitrogen and oxygen atoms in total. The number of ether oxygens (including phenoxy) is 3. The van der Waals surface area contributed by atoms with Gasteiger partial charge in [0.1, 0.15) is 5.60 Å². The van der Waals surface area contributed by atoms with Crippen molar-refractivity contribution in [1.82, 2.24) is 0 Å². The summed E-state index contributed by atoms with van der Waals surface area (Å²) in [6, 6.07) is 11.8. The molecule has 0 unspecified atom stereocenters. The van der Waals surface area contributed by atoms with Crippen molar-refractivity contribution in [2.45, 2.75) is 33.3 Å². The fourth-order valence-electron chi connectivity index (χ4n) is 2.64. The average molecular weight is 341 g/mol. The van der Waals surface area contributed by atoms with Crippen LogP contribution in [0.2, 0.25) is 0 Å². The van der Waals surface area contributed by atoms with Gasteiger partial charge < -0.3 is 14.2 Å². The molecule has 0 fully saturated rings. The second-order valence-electron chi connectivity index (χ2n) is 7.16. The van der Waals surface area contributed by atoms with Gasteiger partial charge in [0.05, 0.1) is 0 Å². The van der Waals surface area contributed by atoms with Crippen LogP contribution >= 0.6 is 0 Å². The summed E-state index contributed by atoms with van der Waals surface area (Å²) in [5, 5.41) is 0. The molecule has 3 rings (SSSR count). The smallest absolute Gasteiger partial charge is 0.414 e. The lowest BCUT2D eigenvalue weighted by Crippen LogP contribution is -2.34. The first kappa shape index (κ1) is 17.1. The number of carbonyl (C=O) groups excluding carboxylic acids is 1. The van der Waals surface area contributed by atoms with E-state index in [0.29, 0.717) is 0 Å². The van der Waals surface area contributed by atoms with Crippen LogP contribution in [0.25, 0.3) is 11.1 Å². The van der Waals surface area contributed by atoms with Gasteiger partial charge in [0.25, 0.3) is 0 Å². The SMILES string of the molecule is Cc1cc(-c2ccc3c(c2)OCO3)cc(N(C)C(=O)OC(C)(C)C)c1. The van der Waals surface area contributed by atoms with Gasteiger partial charge in [-0.2, -0.15) is 0 Å². The Balaban J connectivity index is 1.92. The topological polar surface area (TPSA) is 48.0 Å². The molecule has 25 heavy (non-hydrogen) atoms. The number of benzene rings is 2. The summed E-state index contributed by atoms with van der Waals surface area (Å²) in [5.74, 6) is 1.49. The number of fused-ring (bicyclic) bond motifs is 1. The van der Waals surface area contributed by atoms with Crippen molar-refractivity contribution < 1.29 is 19.0 Å². The number of amides is 1. The maximum atomic E-state index is 12.3. The molecule has 0 aromatic heterocycles. The molecule has 132 valence electrons. The summed E-state index contributed by atoms with van der Waals surface area (Å²) in [5.41, 5.74) is 3.31. The third-order valence-corrected chi connectivity index (χ3v) is 3.82. The van der Waals surface area contributed by atoms with Crippen LogP contribution in [0.5, 0.6) is 11.5 Å². The van der Waals surface area contributed by atoms with Crippen molar-refractivity contribution in [2.75, 3.05) is 18.7 Å². The minimum Gasteiger partial charge on any atom is -0.454 e. The van der Waals surface area contributed by atoms with Crippen molar-refractivity contribution in [3.8, 4) is 22.6 Å². The Kier molecular flexibility index (Phi) is 4.33. The van der Waals surface area contributed by atoms with Crippen LogP contribution in [0.1, 0.15) is 26.3 Å². The number of anilines is 1. The second-order valence-corrected chi connectivity index (χ2v) is 7.16. The van der Waals surface area contributed by atoms with Gasteiger partial charge >= 0.3 is 6.09 Å². The molecule has 0 bridgehead atoms. The van der Waals surface area contributed by atoms with Gasteiger partial charge in [-0.1, -0.05) is 12.1 Å². The van der Waals surface area contributed by atoms with E-state index < -0.39 is 5.60 Å². The summed E-state index contributed by atoms with van der Waals surface area (Å²) < 4.78 is 16.3. The minimum absolute atomic E-state index is 0.249. The van der Waals surface area contributed by atoms with Crippen molar-refractivity contribution in [3.63, 3.8) is 0 Å². The van der Waals surface area contributed by atoms with Gasteiger partial charge in [0.15, 0.2) is 11.5 Å². The van der Waals surface area contributed by atoms with Gasteiger partial charge in [-0.05, 0) is 68.7 Å². The summed E-state index contributed by atoms with van der Waals surface area (Å²) in [6.45, 7) is 7.81. The Morgan fingerprint density at radius 2 is 1.76 bits per heavy atom. The van der Waals surface area contributed by atoms with Crippen molar-refractivity contribution in [2.24, 2.45) is 0 Å². The zero-order valence-electron chi connectivity index (χ0n) is 15.3. The Morgan fingerprint density at radius 3 is 2.48 bits per heavy atom. The number of aryl methyl sites for hydroxylation is 1. The van der Waals surface area contributed by atoms with E-state index in [4.69, 9.17) is 14.2 Å². The molecular formula is C20H23NO4. The lowest BCUT2D eigenvalue weighted by molar-refractivity contribution is 0.0589. The van der Waals surface area contributed by atoms with Gasteiger partial charge in [-0.15, -0.1) is 0 Å². The van der Waals surface area contributed by atoms with Gasteiger partial charge in [0, 0.05) is 12.7 Å². The van der Waals surface area contributed by atoms with Crippen LogP contribution in [0.3, 0.4) is 0 Å². The van der Waals surface area contributed by atoms with Crippen molar-refractivity contribution in [3.05, 3.63) is 42.0 Å². The molecular weight excluding hydrogens is 318 g/mol. The zero-order chi connectivity index (χ0) is 18.2.